The van der Waals surface area contributed by atoms with Gasteiger partial charge in [-0.3, -0.25) is 9.59 Å². The van der Waals surface area contributed by atoms with E-state index in [1.54, 1.807) is 0 Å². The summed E-state index contributed by atoms with van der Waals surface area (Å²) in [7, 11) is 1.39. The van der Waals surface area contributed by atoms with Crippen LogP contribution in [0.4, 0.5) is 0 Å². The minimum Gasteiger partial charge on any atom is -0.469 e. The third-order valence-electron chi connectivity index (χ3n) is 5.17. The lowest BCUT2D eigenvalue weighted by Gasteiger charge is -2.39. The molecule has 2 rings (SSSR count). The maximum atomic E-state index is 12.5. The van der Waals surface area contributed by atoms with Crippen molar-refractivity contribution < 1.29 is 14.3 Å². The number of fused-ring (bicyclic) bond motifs is 2. The van der Waals surface area contributed by atoms with E-state index in [0.717, 1.165) is 6.42 Å². The van der Waals surface area contributed by atoms with Gasteiger partial charge in [0.2, 0.25) is 0 Å². The van der Waals surface area contributed by atoms with Gasteiger partial charge in [-0.2, -0.15) is 0 Å². The maximum Gasteiger partial charge on any atom is 0.313 e. The molecule has 96 valence electrons. The SMILES string of the molecule is COC(=O)[C@@]12CC[C@](CBr)(C(=O)[C@@H]1Br)C2(C)C. The van der Waals surface area contributed by atoms with Crippen LogP contribution >= 0.6 is 31.9 Å². The highest BCUT2D eigenvalue weighted by atomic mass is 79.9. The summed E-state index contributed by atoms with van der Waals surface area (Å²) >= 11 is 6.90. The second-order valence-electron chi connectivity index (χ2n) is 5.53. The van der Waals surface area contributed by atoms with Gasteiger partial charge in [-0.05, 0) is 18.3 Å². The Bertz CT molecular complexity index is 393. The van der Waals surface area contributed by atoms with Gasteiger partial charge in [-0.1, -0.05) is 45.7 Å². The van der Waals surface area contributed by atoms with Gasteiger partial charge in [0.05, 0.1) is 17.4 Å². The van der Waals surface area contributed by atoms with Crippen LogP contribution < -0.4 is 0 Å². The number of ether oxygens (including phenoxy) is 1. The average Bonchev–Trinajstić information content (AvgIpc) is 2.61. The lowest BCUT2D eigenvalue weighted by Crippen LogP contribution is -2.45. The van der Waals surface area contributed by atoms with Crippen molar-refractivity contribution in [3.63, 3.8) is 0 Å². The number of Topliss-reactive ketones (excluding diaryl/α,β-unsaturated/α-hetero) is 1. The Hall–Kier alpha value is 0.1000. The van der Waals surface area contributed by atoms with Gasteiger partial charge in [0, 0.05) is 10.7 Å². The second-order valence-corrected chi connectivity index (χ2v) is 7.01. The molecule has 3 nitrogen and oxygen atoms in total. The van der Waals surface area contributed by atoms with Crippen LogP contribution in [0.15, 0.2) is 0 Å². The third-order valence-corrected chi connectivity index (χ3v) is 7.32. The van der Waals surface area contributed by atoms with Gasteiger partial charge in [0.25, 0.3) is 0 Å². The van der Waals surface area contributed by atoms with E-state index in [9.17, 15) is 9.59 Å². The van der Waals surface area contributed by atoms with E-state index in [-0.39, 0.29) is 17.2 Å². The summed E-state index contributed by atoms with van der Waals surface area (Å²) in [6, 6.07) is 0. The smallest absolute Gasteiger partial charge is 0.313 e. The molecule has 2 aliphatic carbocycles. The monoisotopic (exact) mass is 366 g/mol. The predicted octanol–water partition coefficient (Wildman–Crippen LogP) is 2.69. The van der Waals surface area contributed by atoms with E-state index >= 15 is 0 Å². The fourth-order valence-electron chi connectivity index (χ4n) is 3.75. The van der Waals surface area contributed by atoms with Crippen molar-refractivity contribution in [2.45, 2.75) is 31.5 Å². The van der Waals surface area contributed by atoms with Crippen LogP contribution in [-0.2, 0) is 14.3 Å². The third kappa shape index (κ3) is 1.18. The molecule has 0 aromatic carbocycles. The fourth-order valence-corrected chi connectivity index (χ4v) is 6.43. The Balaban J connectivity index is 2.63. The van der Waals surface area contributed by atoms with E-state index in [0.29, 0.717) is 11.8 Å². The largest absolute Gasteiger partial charge is 0.469 e. The van der Waals surface area contributed by atoms with Crippen molar-refractivity contribution in [2.75, 3.05) is 12.4 Å². The summed E-state index contributed by atoms with van der Waals surface area (Å²) < 4.78 is 4.96. The molecular formula is C12H16Br2O3. The molecule has 0 spiro atoms. The molecule has 0 aromatic rings. The van der Waals surface area contributed by atoms with Crippen molar-refractivity contribution >= 4 is 43.6 Å². The van der Waals surface area contributed by atoms with Gasteiger partial charge >= 0.3 is 5.97 Å². The number of hydrogen-bond donors (Lipinski definition) is 0. The van der Waals surface area contributed by atoms with Gasteiger partial charge < -0.3 is 4.74 Å². The van der Waals surface area contributed by atoms with E-state index in [1.807, 2.05) is 13.8 Å². The van der Waals surface area contributed by atoms with Crippen LogP contribution in [0.2, 0.25) is 0 Å². The topological polar surface area (TPSA) is 43.4 Å². The molecule has 0 radical (unpaired) electrons. The zero-order chi connectivity index (χ0) is 13.1. The van der Waals surface area contributed by atoms with Crippen LogP contribution in [0.5, 0.6) is 0 Å². The summed E-state index contributed by atoms with van der Waals surface area (Å²) in [4.78, 5) is 24.3. The van der Waals surface area contributed by atoms with Crippen LogP contribution in [0.1, 0.15) is 26.7 Å². The van der Waals surface area contributed by atoms with E-state index in [4.69, 9.17) is 4.74 Å². The summed E-state index contributed by atoms with van der Waals surface area (Å²) in [6.07, 6.45) is 1.46. The molecule has 0 N–H and O–H groups in total. The van der Waals surface area contributed by atoms with Crippen molar-refractivity contribution in [3.05, 3.63) is 0 Å². The van der Waals surface area contributed by atoms with Gasteiger partial charge in [0.1, 0.15) is 0 Å². The van der Waals surface area contributed by atoms with Gasteiger partial charge in [-0.25, -0.2) is 0 Å². The molecule has 0 aliphatic heterocycles. The lowest BCUT2D eigenvalue weighted by molar-refractivity contribution is -0.157. The minimum atomic E-state index is -0.716. The molecule has 0 saturated heterocycles. The number of carbonyl (C=O) groups excluding carboxylic acids is 2. The first-order valence-electron chi connectivity index (χ1n) is 5.64. The first-order chi connectivity index (χ1) is 7.81. The number of hydrogen-bond acceptors (Lipinski definition) is 3. The summed E-state index contributed by atoms with van der Waals surface area (Å²) in [6.45, 7) is 4.02. The fraction of sp³-hybridized carbons (Fsp3) is 0.833. The van der Waals surface area contributed by atoms with Crippen molar-refractivity contribution in [3.8, 4) is 0 Å². The second kappa shape index (κ2) is 3.80. The summed E-state index contributed by atoms with van der Waals surface area (Å²) in [5, 5.41) is 0.604. The average molecular weight is 368 g/mol. The molecular weight excluding hydrogens is 352 g/mol. The zero-order valence-corrected chi connectivity index (χ0v) is 13.4. The number of rotatable bonds is 2. The van der Waals surface area contributed by atoms with Crippen LogP contribution in [0, 0.1) is 16.2 Å². The number of carbonyl (C=O) groups is 2. The lowest BCUT2D eigenvalue weighted by atomic mass is 9.65. The first-order valence-corrected chi connectivity index (χ1v) is 7.68. The summed E-state index contributed by atoms with van der Waals surface area (Å²) in [5.74, 6) is -0.130. The Labute approximate surface area is 118 Å². The van der Waals surface area contributed by atoms with E-state index in [1.165, 1.54) is 7.11 Å². The maximum absolute atomic E-state index is 12.5. The van der Waals surface area contributed by atoms with Gasteiger partial charge in [0.15, 0.2) is 5.78 Å². The molecule has 3 atom stereocenters. The highest BCUT2D eigenvalue weighted by molar-refractivity contribution is 9.10. The molecule has 0 amide bonds. The molecule has 17 heavy (non-hydrogen) atoms. The predicted molar refractivity (Wildman–Crippen MR) is 71.4 cm³/mol. The zero-order valence-electron chi connectivity index (χ0n) is 10.2. The number of ketones is 1. The minimum absolute atomic E-state index is 0.135. The molecule has 0 unspecified atom stereocenters. The molecule has 2 fully saturated rings. The van der Waals surface area contributed by atoms with Crippen LogP contribution in [0.3, 0.4) is 0 Å². The first kappa shape index (κ1) is 13.5. The Morgan fingerprint density at radius 3 is 2.47 bits per heavy atom. The molecule has 2 bridgehead atoms. The molecule has 5 heteroatoms. The van der Waals surface area contributed by atoms with E-state index < -0.39 is 15.7 Å². The normalized spacial score (nSPS) is 42.9. The van der Waals surface area contributed by atoms with Crippen molar-refractivity contribution in [1.29, 1.82) is 0 Å². The Morgan fingerprint density at radius 1 is 1.47 bits per heavy atom. The van der Waals surface area contributed by atoms with Crippen molar-refractivity contribution in [1.82, 2.24) is 0 Å². The molecule has 0 heterocycles. The molecule has 0 aromatic heterocycles. The standard InChI is InChI=1S/C12H16Br2O3/c1-10(2)11(6-13)4-5-12(10,9(16)17-3)7(14)8(11)15/h7H,4-6H2,1-3H3/t7-,11-,12+/m0/s1. The van der Waals surface area contributed by atoms with Crippen molar-refractivity contribution in [2.24, 2.45) is 16.2 Å². The highest BCUT2D eigenvalue weighted by Crippen LogP contribution is 2.72. The highest BCUT2D eigenvalue weighted by Gasteiger charge is 2.78. The number of alkyl halides is 2. The molecule has 2 saturated carbocycles. The van der Waals surface area contributed by atoms with Gasteiger partial charge in [-0.15, -0.1) is 0 Å². The van der Waals surface area contributed by atoms with E-state index in [2.05, 4.69) is 31.9 Å². The number of halogens is 2. The van der Waals surface area contributed by atoms with Crippen LogP contribution in [-0.4, -0.2) is 29.0 Å². The number of methoxy groups -OCH3 is 1. The Kier molecular flexibility index (Phi) is 3.02. The van der Waals surface area contributed by atoms with Crippen LogP contribution in [0.25, 0.3) is 0 Å². The Morgan fingerprint density at radius 2 is 2.06 bits per heavy atom. The molecule has 2 aliphatic rings. The summed E-state index contributed by atoms with van der Waals surface area (Å²) in [5.41, 5.74) is -1.55. The quantitative estimate of drug-likeness (QED) is 0.556. The number of esters is 1.